The number of hydrogen-bond acceptors (Lipinski definition) is 6. The van der Waals surface area contributed by atoms with Gasteiger partial charge in [-0.1, -0.05) is 0 Å². The predicted molar refractivity (Wildman–Crippen MR) is 113 cm³/mol. The number of hydrogen-bond donors (Lipinski definition) is 1. The first kappa shape index (κ1) is 26.2. The summed E-state index contributed by atoms with van der Waals surface area (Å²) in [5, 5.41) is 2.53. The fourth-order valence-corrected chi connectivity index (χ4v) is 3.44. The molecule has 1 aliphatic rings. The van der Waals surface area contributed by atoms with Crippen LogP contribution in [0.1, 0.15) is 38.6 Å². The van der Waals surface area contributed by atoms with E-state index in [-0.39, 0.29) is 12.2 Å². The molecule has 190 valence electrons. The summed E-state index contributed by atoms with van der Waals surface area (Å²) in [5.41, 5.74) is -3.48. The van der Waals surface area contributed by atoms with E-state index in [1.165, 1.54) is 12.1 Å². The normalized spacial score (nSPS) is 20.6. The van der Waals surface area contributed by atoms with Crippen LogP contribution in [0.4, 0.5) is 26.7 Å². The molecule has 0 bridgehead atoms. The maximum absolute atomic E-state index is 14.7. The van der Waals surface area contributed by atoms with Crippen LogP contribution in [0, 0.1) is 0 Å². The van der Waals surface area contributed by atoms with Crippen molar-refractivity contribution in [2.75, 3.05) is 13.2 Å². The van der Waals surface area contributed by atoms with Crippen molar-refractivity contribution >= 4 is 12.0 Å². The number of carbonyl (C=O) groups is 2. The fourth-order valence-electron chi connectivity index (χ4n) is 3.44. The summed E-state index contributed by atoms with van der Waals surface area (Å²) in [6.07, 6.45) is -3.88. The maximum Gasteiger partial charge on any atom is 0.433 e. The van der Waals surface area contributed by atoms with Crippen molar-refractivity contribution in [3.05, 3.63) is 42.1 Å². The highest BCUT2D eigenvalue weighted by Gasteiger charge is 2.50. The Morgan fingerprint density at radius 2 is 1.91 bits per heavy atom. The van der Waals surface area contributed by atoms with E-state index >= 15 is 0 Å². The van der Waals surface area contributed by atoms with Crippen LogP contribution < -0.4 is 5.32 Å². The smallest absolute Gasteiger partial charge is 0.433 e. The minimum absolute atomic E-state index is 0.157. The number of nitrogens with one attached hydrogen (secondary N) is 1. The van der Waals surface area contributed by atoms with E-state index in [9.17, 15) is 31.5 Å². The Bertz CT molecular complexity index is 1070. The summed E-state index contributed by atoms with van der Waals surface area (Å²) in [4.78, 5) is 37.5. The highest BCUT2D eigenvalue weighted by Crippen LogP contribution is 2.33. The summed E-state index contributed by atoms with van der Waals surface area (Å²) in [6.45, 7) is 2.66. The summed E-state index contributed by atoms with van der Waals surface area (Å²) >= 11 is 0. The molecule has 0 saturated carbocycles. The minimum atomic E-state index is -4.58. The zero-order chi connectivity index (χ0) is 26.0. The largest absolute Gasteiger partial charge is 0.444 e. The van der Waals surface area contributed by atoms with Gasteiger partial charge in [0.15, 0.2) is 5.67 Å². The number of pyridine rings is 1. The zero-order valence-electron chi connectivity index (χ0n) is 19.2. The van der Waals surface area contributed by atoms with Gasteiger partial charge in [-0.05, 0) is 39.0 Å². The van der Waals surface area contributed by atoms with Crippen molar-refractivity contribution in [3.63, 3.8) is 0 Å². The number of likely N-dealkylation sites (tertiary alicyclic amines) is 1. The Hall–Kier alpha value is -3.38. The number of ether oxygens (including phenoxy) is 1. The SMILES string of the molecule is CC(C)(C)OC(=O)N1CC(F)(CF)C[C@H]1C(=O)NCc1cc(-c2ccc(C(F)(F)F)nc2)ncn1. The molecule has 13 heteroatoms. The molecule has 0 aliphatic carbocycles. The molecule has 2 aromatic heterocycles. The third kappa shape index (κ3) is 6.61. The molecule has 0 spiro atoms. The van der Waals surface area contributed by atoms with Gasteiger partial charge in [0.2, 0.25) is 5.91 Å². The van der Waals surface area contributed by atoms with Crippen LogP contribution in [0.5, 0.6) is 0 Å². The van der Waals surface area contributed by atoms with Crippen molar-refractivity contribution in [3.8, 4) is 11.3 Å². The van der Waals surface area contributed by atoms with Crippen LogP contribution in [0.2, 0.25) is 0 Å². The third-order valence-corrected chi connectivity index (χ3v) is 5.08. The van der Waals surface area contributed by atoms with Crippen molar-refractivity contribution in [2.45, 2.75) is 57.2 Å². The Morgan fingerprint density at radius 3 is 2.49 bits per heavy atom. The number of rotatable bonds is 5. The predicted octanol–water partition coefficient (Wildman–Crippen LogP) is 3.86. The molecule has 1 unspecified atom stereocenters. The van der Waals surface area contributed by atoms with Gasteiger partial charge >= 0.3 is 12.3 Å². The van der Waals surface area contributed by atoms with Crippen LogP contribution in [-0.4, -0.2) is 62.4 Å². The first-order valence-electron chi connectivity index (χ1n) is 10.6. The lowest BCUT2D eigenvalue weighted by Gasteiger charge is -2.27. The Balaban J connectivity index is 1.70. The van der Waals surface area contributed by atoms with E-state index in [2.05, 4.69) is 20.3 Å². The molecule has 1 aliphatic heterocycles. The number of nitrogens with zero attached hydrogens (tertiary/aromatic N) is 4. The molecule has 35 heavy (non-hydrogen) atoms. The molecule has 1 saturated heterocycles. The van der Waals surface area contributed by atoms with Crippen LogP contribution in [0.15, 0.2) is 30.7 Å². The summed E-state index contributed by atoms with van der Waals surface area (Å²) in [7, 11) is 0. The molecule has 0 radical (unpaired) electrons. The number of amides is 2. The third-order valence-electron chi connectivity index (χ3n) is 5.08. The zero-order valence-corrected chi connectivity index (χ0v) is 19.2. The van der Waals surface area contributed by atoms with E-state index in [4.69, 9.17) is 4.74 Å². The number of carbonyl (C=O) groups excluding carboxylic acids is 2. The van der Waals surface area contributed by atoms with Crippen molar-refractivity contribution in [2.24, 2.45) is 0 Å². The first-order valence-corrected chi connectivity index (χ1v) is 10.6. The fraction of sp³-hybridized carbons (Fsp3) is 0.500. The highest BCUT2D eigenvalue weighted by atomic mass is 19.4. The molecule has 2 atom stereocenters. The van der Waals surface area contributed by atoms with Crippen molar-refractivity contribution in [1.82, 2.24) is 25.2 Å². The molecule has 2 amide bonds. The molecule has 3 heterocycles. The topological polar surface area (TPSA) is 97.3 Å². The second-order valence-electron chi connectivity index (χ2n) is 9.15. The van der Waals surface area contributed by atoms with E-state index in [0.717, 1.165) is 23.5 Å². The lowest BCUT2D eigenvalue weighted by Crippen LogP contribution is -2.47. The van der Waals surface area contributed by atoms with Gasteiger partial charge in [-0.3, -0.25) is 14.7 Å². The molecule has 2 aromatic rings. The van der Waals surface area contributed by atoms with Gasteiger partial charge in [0.25, 0.3) is 0 Å². The van der Waals surface area contributed by atoms with Crippen molar-refractivity contribution in [1.29, 1.82) is 0 Å². The number of alkyl halides is 5. The lowest BCUT2D eigenvalue weighted by atomic mass is 10.0. The van der Waals surface area contributed by atoms with E-state index in [0.29, 0.717) is 11.3 Å². The summed E-state index contributed by atoms with van der Waals surface area (Å²) < 4.78 is 71.3. The first-order chi connectivity index (χ1) is 16.2. The monoisotopic (exact) mass is 501 g/mol. The molecule has 1 fully saturated rings. The maximum atomic E-state index is 14.7. The quantitative estimate of drug-likeness (QED) is 0.625. The van der Waals surface area contributed by atoms with Gasteiger partial charge in [-0.15, -0.1) is 0 Å². The molecule has 0 aromatic carbocycles. The van der Waals surface area contributed by atoms with Crippen molar-refractivity contribution < 1.29 is 36.3 Å². The van der Waals surface area contributed by atoms with Crippen LogP contribution >= 0.6 is 0 Å². The van der Waals surface area contributed by atoms with Gasteiger partial charge < -0.3 is 10.1 Å². The molecular formula is C22H24F5N5O3. The second kappa shape index (κ2) is 9.70. The average Bonchev–Trinajstić information content (AvgIpc) is 3.15. The lowest BCUT2D eigenvalue weighted by molar-refractivity contribution is -0.141. The Kier molecular flexibility index (Phi) is 7.27. The Labute approximate surface area is 197 Å². The molecule has 3 rings (SSSR count). The van der Waals surface area contributed by atoms with Gasteiger partial charge in [0, 0.05) is 18.2 Å². The van der Waals surface area contributed by atoms with Crippen LogP contribution in [0.3, 0.4) is 0 Å². The second-order valence-corrected chi connectivity index (χ2v) is 9.15. The van der Waals surface area contributed by atoms with Gasteiger partial charge in [0.05, 0.1) is 24.5 Å². The van der Waals surface area contributed by atoms with Gasteiger partial charge in [0.1, 0.15) is 30.3 Å². The molecule has 1 N–H and O–H groups in total. The minimum Gasteiger partial charge on any atom is -0.444 e. The summed E-state index contributed by atoms with van der Waals surface area (Å²) in [6, 6.07) is 2.16. The molecule has 8 nitrogen and oxygen atoms in total. The number of halogens is 5. The van der Waals surface area contributed by atoms with Gasteiger partial charge in [-0.25, -0.2) is 23.5 Å². The van der Waals surface area contributed by atoms with E-state index in [1.54, 1.807) is 20.8 Å². The van der Waals surface area contributed by atoms with Crippen LogP contribution in [0.25, 0.3) is 11.3 Å². The molecular weight excluding hydrogens is 477 g/mol. The van der Waals surface area contributed by atoms with Crippen LogP contribution in [-0.2, 0) is 22.3 Å². The summed E-state index contributed by atoms with van der Waals surface area (Å²) in [5.74, 6) is -0.736. The highest BCUT2D eigenvalue weighted by molar-refractivity contribution is 5.86. The standard InChI is InChI=1S/C22H24F5N5O3/c1-20(2,3)35-19(34)32-11-21(24,10-23)7-16(32)18(33)29-9-14-6-15(31-12-30-14)13-4-5-17(28-8-13)22(25,26)27/h4-6,8,12,16H,7,9-11H2,1-3H3,(H,29,33)/t16-,21?/m0/s1. The Morgan fingerprint density at radius 1 is 1.20 bits per heavy atom. The average molecular weight is 501 g/mol. The van der Waals surface area contributed by atoms with E-state index < -0.39 is 60.8 Å². The van der Waals surface area contributed by atoms with E-state index in [1.807, 2.05) is 0 Å². The van der Waals surface area contributed by atoms with Gasteiger partial charge in [-0.2, -0.15) is 13.2 Å². The number of aromatic nitrogens is 3.